The van der Waals surface area contributed by atoms with Gasteiger partial charge in [0.1, 0.15) is 33.4 Å². The highest BCUT2D eigenvalue weighted by molar-refractivity contribution is 7.96. The summed E-state index contributed by atoms with van der Waals surface area (Å²) in [4.78, 5) is 21.0. The highest BCUT2D eigenvalue weighted by Gasteiger charge is 2.56. The maximum absolute atomic E-state index is 15.0. The summed E-state index contributed by atoms with van der Waals surface area (Å²) < 4.78 is 45.5. The maximum Gasteiger partial charge on any atom is 0.185 e. The molecule has 9 heteroatoms. The molecule has 2 N–H and O–H groups in total. The smallest absolute Gasteiger partial charge is 0.185 e. The molecule has 2 aliphatic heterocycles. The van der Waals surface area contributed by atoms with Gasteiger partial charge in [-0.3, -0.25) is 14.8 Å². The van der Waals surface area contributed by atoms with Crippen LogP contribution in [0.5, 0.6) is 0 Å². The van der Waals surface area contributed by atoms with E-state index in [-0.39, 0.29) is 29.3 Å². The minimum atomic E-state index is -2.79. The van der Waals surface area contributed by atoms with Gasteiger partial charge in [-0.15, -0.1) is 0 Å². The normalized spacial score (nSPS) is 29.1. The zero-order valence-electron chi connectivity index (χ0n) is 17.6. The first-order valence-corrected chi connectivity index (χ1v) is 11.6. The van der Waals surface area contributed by atoms with Crippen molar-refractivity contribution in [2.45, 2.75) is 49.1 Å². The van der Waals surface area contributed by atoms with Gasteiger partial charge in [0.2, 0.25) is 0 Å². The van der Waals surface area contributed by atoms with Crippen LogP contribution in [-0.4, -0.2) is 37.4 Å². The average molecular weight is 447 g/mol. The number of pyridine rings is 1. The largest absolute Gasteiger partial charge is 0.386 e. The number of aliphatic imine (C=N–C) groups is 1. The number of hydrogen-bond acceptors (Lipinski definition) is 6. The molecule has 2 aliphatic rings. The van der Waals surface area contributed by atoms with Crippen molar-refractivity contribution in [1.82, 2.24) is 4.98 Å². The van der Waals surface area contributed by atoms with Gasteiger partial charge in [-0.25, -0.2) is 17.4 Å². The Morgan fingerprint density at radius 3 is 2.65 bits per heavy atom. The summed E-state index contributed by atoms with van der Waals surface area (Å²) in [5.74, 6) is -1.19. The van der Waals surface area contributed by atoms with Crippen molar-refractivity contribution >= 4 is 21.3 Å². The SMILES string of the molecule is CC1(C)C(N)=N[C@](C)(c2cc(CC(=O)c3ccc(F)cn3)ccc2F)[C@@H]2CCN=[S@@]21=O. The summed E-state index contributed by atoms with van der Waals surface area (Å²) >= 11 is 0. The van der Waals surface area contributed by atoms with E-state index in [2.05, 4.69) is 14.3 Å². The van der Waals surface area contributed by atoms with Gasteiger partial charge in [-0.05, 0) is 57.0 Å². The number of fused-ring (bicyclic) bond motifs is 1. The summed E-state index contributed by atoms with van der Waals surface area (Å²) in [6.07, 6.45) is 1.45. The van der Waals surface area contributed by atoms with E-state index in [4.69, 9.17) is 5.73 Å². The Balaban J connectivity index is 1.76. The molecule has 31 heavy (non-hydrogen) atoms. The third-order valence-electron chi connectivity index (χ3n) is 6.34. The molecule has 6 nitrogen and oxygen atoms in total. The van der Waals surface area contributed by atoms with Crippen LogP contribution in [0.2, 0.25) is 0 Å². The molecule has 0 unspecified atom stereocenters. The summed E-state index contributed by atoms with van der Waals surface area (Å²) in [6.45, 7) is 5.65. The van der Waals surface area contributed by atoms with Crippen LogP contribution in [0.15, 0.2) is 45.9 Å². The summed E-state index contributed by atoms with van der Waals surface area (Å²) in [6, 6.07) is 6.84. The Morgan fingerprint density at radius 2 is 1.97 bits per heavy atom. The molecule has 2 aromatic rings. The van der Waals surface area contributed by atoms with E-state index in [0.29, 0.717) is 18.5 Å². The van der Waals surface area contributed by atoms with Crippen LogP contribution >= 0.6 is 0 Å². The number of ketones is 1. The van der Waals surface area contributed by atoms with Gasteiger partial charge in [-0.1, -0.05) is 6.07 Å². The standard InChI is InChI=1S/C22H24F2N4O2S/c1-21(2)20(25)28-22(3,19-8-9-27-31(19,21)30)15-10-13(4-6-16(15)24)11-18(29)17-7-5-14(23)12-26-17/h4-7,10,12,19H,8-9,11H2,1-3H3,(H2,25,28)/t19-,22+,31+/m0/s1. The molecule has 4 rings (SSSR count). The van der Waals surface area contributed by atoms with Gasteiger partial charge >= 0.3 is 0 Å². The van der Waals surface area contributed by atoms with Gasteiger partial charge in [0.25, 0.3) is 0 Å². The Morgan fingerprint density at radius 1 is 1.23 bits per heavy atom. The molecule has 0 radical (unpaired) electrons. The Bertz CT molecular complexity index is 1220. The fraction of sp³-hybridized carbons (Fsp3) is 0.409. The van der Waals surface area contributed by atoms with Crippen LogP contribution in [0, 0.1) is 11.6 Å². The van der Waals surface area contributed by atoms with E-state index in [0.717, 1.165) is 6.20 Å². The maximum atomic E-state index is 15.0. The lowest BCUT2D eigenvalue weighted by atomic mass is 9.84. The molecule has 0 saturated heterocycles. The van der Waals surface area contributed by atoms with Crippen LogP contribution in [0.4, 0.5) is 8.78 Å². The number of halogens is 2. The van der Waals surface area contributed by atoms with Gasteiger partial charge in [0.15, 0.2) is 5.78 Å². The monoisotopic (exact) mass is 446 g/mol. The van der Waals surface area contributed by atoms with E-state index < -0.39 is 36.9 Å². The molecule has 3 heterocycles. The molecule has 0 aliphatic carbocycles. The molecule has 3 atom stereocenters. The van der Waals surface area contributed by atoms with Crippen LogP contribution in [0.1, 0.15) is 48.8 Å². The predicted molar refractivity (Wildman–Crippen MR) is 116 cm³/mol. The summed E-state index contributed by atoms with van der Waals surface area (Å²) in [7, 11) is -2.79. The third kappa shape index (κ3) is 3.26. The number of aromatic nitrogens is 1. The first kappa shape index (κ1) is 21.5. The lowest BCUT2D eigenvalue weighted by molar-refractivity contribution is 0.0988. The topological polar surface area (TPSA) is 97.8 Å². The molecular weight excluding hydrogens is 422 g/mol. The first-order valence-electron chi connectivity index (χ1n) is 10.00. The number of carbonyl (C=O) groups is 1. The number of benzene rings is 1. The molecular formula is C22H24F2N4O2S. The van der Waals surface area contributed by atoms with Crippen LogP contribution in [0.25, 0.3) is 0 Å². The Labute approximate surface area is 180 Å². The van der Waals surface area contributed by atoms with E-state index in [1.54, 1.807) is 26.8 Å². The van der Waals surface area contributed by atoms with E-state index in [1.165, 1.54) is 24.3 Å². The third-order valence-corrected chi connectivity index (χ3v) is 10.0. The van der Waals surface area contributed by atoms with Gasteiger partial charge in [0.05, 0.1) is 21.2 Å². The Hall–Kier alpha value is -2.68. The molecule has 164 valence electrons. The molecule has 1 aromatic heterocycles. The van der Waals surface area contributed by atoms with Crippen molar-refractivity contribution in [3.05, 3.63) is 65.0 Å². The van der Waals surface area contributed by atoms with Crippen molar-refractivity contribution in [2.24, 2.45) is 15.1 Å². The number of amidine groups is 1. The van der Waals surface area contributed by atoms with Crippen molar-refractivity contribution in [3.8, 4) is 0 Å². The van der Waals surface area contributed by atoms with Crippen molar-refractivity contribution in [3.63, 3.8) is 0 Å². The zero-order valence-corrected chi connectivity index (χ0v) is 18.4. The van der Waals surface area contributed by atoms with E-state index in [1.807, 2.05) is 0 Å². The second-order valence-corrected chi connectivity index (χ2v) is 11.6. The first-order chi connectivity index (χ1) is 14.5. The fourth-order valence-corrected chi connectivity index (χ4v) is 7.55. The van der Waals surface area contributed by atoms with Crippen molar-refractivity contribution in [2.75, 3.05) is 6.54 Å². The predicted octanol–water partition coefficient (Wildman–Crippen LogP) is 3.39. The van der Waals surface area contributed by atoms with Gasteiger partial charge in [0, 0.05) is 18.5 Å². The van der Waals surface area contributed by atoms with E-state index in [9.17, 15) is 13.4 Å². The number of nitrogens with zero attached hydrogens (tertiary/aromatic N) is 3. The molecule has 0 bridgehead atoms. The van der Waals surface area contributed by atoms with Gasteiger partial charge in [-0.2, -0.15) is 0 Å². The number of rotatable bonds is 4. The molecule has 0 fully saturated rings. The number of carbonyl (C=O) groups excluding carboxylic acids is 1. The highest BCUT2D eigenvalue weighted by Crippen LogP contribution is 2.47. The number of hydrogen-bond donors (Lipinski definition) is 1. The summed E-state index contributed by atoms with van der Waals surface area (Å²) in [5, 5.41) is -0.499. The zero-order chi connectivity index (χ0) is 22.6. The molecule has 1 aromatic carbocycles. The minimum Gasteiger partial charge on any atom is -0.386 e. The van der Waals surface area contributed by atoms with Crippen LogP contribution < -0.4 is 5.73 Å². The average Bonchev–Trinajstić information content (AvgIpc) is 3.13. The lowest BCUT2D eigenvalue weighted by Crippen LogP contribution is -2.58. The van der Waals surface area contributed by atoms with Crippen molar-refractivity contribution in [1.29, 1.82) is 0 Å². The molecule has 0 saturated carbocycles. The second kappa shape index (κ2) is 7.19. The van der Waals surface area contributed by atoms with E-state index >= 15 is 4.39 Å². The minimum absolute atomic E-state index is 0.0445. The highest BCUT2D eigenvalue weighted by atomic mass is 32.2. The summed E-state index contributed by atoms with van der Waals surface area (Å²) in [5.41, 5.74) is 5.95. The number of Topliss-reactive ketones (excluding diaryl/α,β-unsaturated/α-hetero) is 1. The quantitative estimate of drug-likeness (QED) is 0.728. The number of nitrogens with two attached hydrogens (primary N) is 1. The Kier molecular flexibility index (Phi) is 4.99. The van der Waals surface area contributed by atoms with Crippen LogP contribution in [0.3, 0.4) is 0 Å². The molecule has 0 spiro atoms. The molecule has 0 amide bonds. The fourth-order valence-electron chi connectivity index (χ4n) is 4.39. The van der Waals surface area contributed by atoms with Gasteiger partial charge < -0.3 is 5.73 Å². The van der Waals surface area contributed by atoms with Crippen molar-refractivity contribution < 1.29 is 17.8 Å². The van der Waals surface area contributed by atoms with Crippen LogP contribution in [-0.2, 0) is 21.7 Å². The lowest BCUT2D eigenvalue weighted by Gasteiger charge is -2.44. The second-order valence-electron chi connectivity index (χ2n) is 8.63.